The minimum atomic E-state index is -0.716. The molecule has 1 aromatic carbocycles. The number of carbonyl (C=O) groups excluding carboxylic acids is 2. The van der Waals surface area contributed by atoms with Crippen LogP contribution in [-0.4, -0.2) is 27.9 Å². The molecule has 0 saturated carbocycles. The van der Waals surface area contributed by atoms with Crippen LogP contribution < -0.4 is 0 Å². The number of aryl methyl sites for hydroxylation is 1. The molecule has 2 heterocycles. The van der Waals surface area contributed by atoms with Crippen molar-refractivity contribution in [3.63, 3.8) is 0 Å². The molecule has 190 valence electrons. The van der Waals surface area contributed by atoms with Crippen molar-refractivity contribution in [2.24, 2.45) is 17.3 Å². The predicted molar refractivity (Wildman–Crippen MR) is 140 cm³/mol. The van der Waals surface area contributed by atoms with Gasteiger partial charge in [0.05, 0.1) is 11.6 Å². The number of benzene rings is 1. The Morgan fingerprint density at radius 3 is 2.51 bits per heavy atom. The Labute approximate surface area is 210 Å². The summed E-state index contributed by atoms with van der Waals surface area (Å²) in [4.78, 5) is 30.8. The summed E-state index contributed by atoms with van der Waals surface area (Å²) in [6, 6.07) is 10.1. The fourth-order valence-corrected chi connectivity index (χ4v) is 4.99. The highest BCUT2D eigenvalue weighted by Gasteiger charge is 2.37. The van der Waals surface area contributed by atoms with Gasteiger partial charge in [-0.1, -0.05) is 57.5 Å². The number of esters is 1. The number of allylic oxidation sites excluding steroid dienone is 1. The van der Waals surface area contributed by atoms with Gasteiger partial charge in [0.2, 0.25) is 0 Å². The van der Waals surface area contributed by atoms with Gasteiger partial charge in [0.1, 0.15) is 11.9 Å². The van der Waals surface area contributed by atoms with E-state index in [9.17, 15) is 14.7 Å². The smallest absolute Gasteiger partial charge is 0.306 e. The Morgan fingerprint density at radius 2 is 1.77 bits per heavy atom. The lowest BCUT2D eigenvalue weighted by Crippen LogP contribution is -2.39. The van der Waals surface area contributed by atoms with Crippen LogP contribution in [0.2, 0.25) is 0 Å². The Hall–Kier alpha value is -2.53. The van der Waals surface area contributed by atoms with E-state index in [0.29, 0.717) is 12.8 Å². The van der Waals surface area contributed by atoms with E-state index in [0.717, 1.165) is 41.4 Å². The second-order valence-corrected chi connectivity index (χ2v) is 11.1. The number of hydrogen-bond donors (Lipinski definition) is 1. The number of aromatic nitrogens is 1. The molecule has 0 aliphatic carbocycles. The third-order valence-electron chi connectivity index (χ3n) is 7.54. The Bertz CT molecular complexity index is 1090. The van der Waals surface area contributed by atoms with Crippen molar-refractivity contribution in [1.29, 1.82) is 0 Å². The maximum Gasteiger partial charge on any atom is 0.306 e. The zero-order chi connectivity index (χ0) is 25.8. The van der Waals surface area contributed by atoms with Crippen LogP contribution >= 0.6 is 0 Å². The topological polar surface area (TPSA) is 76.5 Å². The summed E-state index contributed by atoms with van der Waals surface area (Å²) in [5.74, 6) is -0.744. The summed E-state index contributed by atoms with van der Waals surface area (Å²) in [5, 5.41) is 11.9. The molecule has 2 unspecified atom stereocenters. The largest absolute Gasteiger partial charge is 0.457 e. The van der Waals surface area contributed by atoms with Crippen molar-refractivity contribution < 1.29 is 19.4 Å². The summed E-state index contributed by atoms with van der Waals surface area (Å²) < 4.78 is 5.99. The zero-order valence-electron chi connectivity index (χ0n) is 22.1. The van der Waals surface area contributed by atoms with Crippen LogP contribution in [0.3, 0.4) is 0 Å². The normalized spacial score (nSPS) is 28.8. The molecule has 4 atom stereocenters. The van der Waals surface area contributed by atoms with Crippen LogP contribution in [-0.2, 0) is 14.3 Å². The molecule has 0 bridgehead atoms. The van der Waals surface area contributed by atoms with Gasteiger partial charge in [0.15, 0.2) is 0 Å². The van der Waals surface area contributed by atoms with Gasteiger partial charge in [0.25, 0.3) is 0 Å². The molecule has 0 saturated heterocycles. The van der Waals surface area contributed by atoms with Crippen molar-refractivity contribution in [2.45, 2.75) is 92.3 Å². The van der Waals surface area contributed by atoms with Crippen LogP contribution in [0.1, 0.15) is 90.5 Å². The molecule has 1 N–H and O–H groups in total. The average Bonchev–Trinajstić information content (AvgIpc) is 2.82. The highest BCUT2D eigenvalue weighted by Crippen LogP contribution is 2.33. The van der Waals surface area contributed by atoms with Crippen LogP contribution in [0.15, 0.2) is 42.0 Å². The first-order valence-corrected chi connectivity index (χ1v) is 12.9. The van der Waals surface area contributed by atoms with Crippen molar-refractivity contribution in [3.8, 4) is 0 Å². The highest BCUT2D eigenvalue weighted by atomic mass is 16.5. The third-order valence-corrected chi connectivity index (χ3v) is 7.54. The lowest BCUT2D eigenvalue weighted by molar-refractivity contribution is -0.150. The quantitative estimate of drug-likeness (QED) is 0.366. The molecular weight excluding hydrogens is 438 g/mol. The molecular formula is C30H41NO4. The van der Waals surface area contributed by atoms with E-state index in [1.54, 1.807) is 0 Å². The molecule has 0 fully saturated rings. The van der Waals surface area contributed by atoms with Crippen LogP contribution in [0.5, 0.6) is 0 Å². The van der Waals surface area contributed by atoms with E-state index in [1.165, 1.54) is 5.57 Å². The average molecular weight is 480 g/mol. The molecule has 2 aromatic rings. The van der Waals surface area contributed by atoms with E-state index in [-0.39, 0.29) is 24.1 Å². The van der Waals surface area contributed by atoms with Crippen molar-refractivity contribution >= 4 is 22.7 Å². The van der Waals surface area contributed by atoms with E-state index >= 15 is 0 Å². The van der Waals surface area contributed by atoms with Gasteiger partial charge in [-0.2, -0.15) is 0 Å². The Balaban J connectivity index is 1.89. The number of Topliss-reactive ketones (excluding diaryl/α,β-unsaturated/α-hetero) is 1. The monoisotopic (exact) mass is 479 g/mol. The standard InChI is InChI=1S/C30H41NO4/c1-19-8-7-9-20(2)28(33)22(4)29(34)30(5,6)17-16-27(32)35-26(15-10-19)24-14-13-23-12-11-21(3)31-25(23)18-24/h10-14,18,20,22,26,28,33H,7-9,15-17H2,1-6H3/b19-10-/t20-,22+,26?,28?/m0/s1. The van der Waals surface area contributed by atoms with Crippen LogP contribution in [0.25, 0.3) is 10.9 Å². The minimum absolute atomic E-state index is 0.000318. The fraction of sp³-hybridized carbons (Fsp3) is 0.567. The summed E-state index contributed by atoms with van der Waals surface area (Å²) in [7, 11) is 0. The van der Waals surface area contributed by atoms with Gasteiger partial charge in [0, 0.05) is 35.3 Å². The molecule has 5 heteroatoms. The van der Waals surface area contributed by atoms with E-state index in [1.807, 2.05) is 58.9 Å². The third kappa shape index (κ3) is 7.00. The molecule has 1 aliphatic heterocycles. The van der Waals surface area contributed by atoms with Crippen molar-refractivity contribution in [2.75, 3.05) is 0 Å². The van der Waals surface area contributed by atoms with Crippen LogP contribution in [0.4, 0.5) is 0 Å². The number of pyridine rings is 1. The second kappa shape index (κ2) is 11.5. The van der Waals surface area contributed by atoms with Gasteiger partial charge in [-0.05, 0) is 63.1 Å². The number of aliphatic hydroxyl groups is 1. The molecule has 3 rings (SSSR count). The van der Waals surface area contributed by atoms with Crippen molar-refractivity contribution in [3.05, 3.63) is 53.2 Å². The molecule has 0 radical (unpaired) electrons. The number of nitrogens with zero attached hydrogens (tertiary/aromatic N) is 1. The van der Waals surface area contributed by atoms with Crippen LogP contribution in [0, 0.1) is 24.2 Å². The maximum absolute atomic E-state index is 13.2. The van der Waals surface area contributed by atoms with E-state index in [4.69, 9.17) is 4.74 Å². The number of fused-ring (bicyclic) bond motifs is 1. The molecule has 35 heavy (non-hydrogen) atoms. The lowest BCUT2D eigenvalue weighted by Gasteiger charge is -2.31. The highest BCUT2D eigenvalue weighted by molar-refractivity contribution is 5.87. The van der Waals surface area contributed by atoms with Gasteiger partial charge < -0.3 is 9.84 Å². The second-order valence-electron chi connectivity index (χ2n) is 11.1. The summed E-state index contributed by atoms with van der Waals surface area (Å²) >= 11 is 0. The summed E-state index contributed by atoms with van der Waals surface area (Å²) in [5.41, 5.74) is 3.28. The first-order valence-electron chi connectivity index (χ1n) is 12.9. The van der Waals surface area contributed by atoms with Gasteiger partial charge in [-0.15, -0.1) is 0 Å². The lowest BCUT2D eigenvalue weighted by atomic mass is 9.74. The fourth-order valence-electron chi connectivity index (χ4n) is 4.99. The number of carbonyl (C=O) groups is 2. The van der Waals surface area contributed by atoms with E-state index < -0.39 is 23.5 Å². The Morgan fingerprint density at radius 1 is 1.06 bits per heavy atom. The molecule has 1 aromatic heterocycles. The SMILES string of the molecule is C/C1=C/CC(c2ccc3ccc(C)nc3c2)OC(=O)CCC(C)(C)C(=O)[C@H](C)C(O)[C@@H](C)CCC1. The molecule has 5 nitrogen and oxygen atoms in total. The maximum atomic E-state index is 13.2. The predicted octanol–water partition coefficient (Wildman–Crippen LogP) is 6.66. The molecule has 1 aliphatic rings. The molecule has 0 amide bonds. The minimum Gasteiger partial charge on any atom is -0.457 e. The number of ketones is 1. The summed E-state index contributed by atoms with van der Waals surface area (Å²) in [6.45, 7) is 11.6. The number of cyclic esters (lactones) is 1. The number of ether oxygens (including phenoxy) is 1. The number of hydrogen-bond acceptors (Lipinski definition) is 5. The Kier molecular flexibility index (Phi) is 8.87. The number of aliphatic hydroxyl groups excluding tert-OH is 1. The first kappa shape index (κ1) is 27.1. The number of rotatable bonds is 1. The first-order chi connectivity index (χ1) is 16.5. The molecule has 0 spiro atoms. The van der Waals surface area contributed by atoms with Gasteiger partial charge in [-0.3, -0.25) is 14.6 Å². The van der Waals surface area contributed by atoms with Crippen molar-refractivity contribution in [1.82, 2.24) is 4.98 Å². The van der Waals surface area contributed by atoms with Gasteiger partial charge in [-0.25, -0.2) is 0 Å². The van der Waals surface area contributed by atoms with Gasteiger partial charge >= 0.3 is 5.97 Å². The van der Waals surface area contributed by atoms with E-state index in [2.05, 4.69) is 24.1 Å². The zero-order valence-corrected chi connectivity index (χ0v) is 22.1. The summed E-state index contributed by atoms with van der Waals surface area (Å²) in [6.07, 6.45) is 4.91.